The van der Waals surface area contributed by atoms with Gasteiger partial charge in [0.2, 0.25) is 0 Å². The van der Waals surface area contributed by atoms with Crippen molar-refractivity contribution in [2.45, 2.75) is 26.2 Å². The Hall–Kier alpha value is -0.220. The summed E-state index contributed by atoms with van der Waals surface area (Å²) in [6.45, 7) is 3.83. The van der Waals surface area contributed by atoms with Gasteiger partial charge in [-0.05, 0) is 19.9 Å². The Kier molecular flexibility index (Phi) is 6.20. The van der Waals surface area contributed by atoms with Crippen molar-refractivity contribution >= 4 is 0 Å². The van der Waals surface area contributed by atoms with E-state index in [0.29, 0.717) is 13.2 Å². The van der Waals surface area contributed by atoms with E-state index in [9.17, 15) is 8.78 Å². The van der Waals surface area contributed by atoms with Crippen LogP contribution in [0, 0.1) is 0 Å². The van der Waals surface area contributed by atoms with E-state index in [1.807, 2.05) is 6.92 Å². The third kappa shape index (κ3) is 6.49. The third-order valence-corrected chi connectivity index (χ3v) is 1.33. The highest BCUT2D eigenvalue weighted by Gasteiger charge is 2.27. The largest absolute Gasteiger partial charge is 0.375 e. The monoisotopic (exact) mass is 181 g/mol. The van der Waals surface area contributed by atoms with Crippen LogP contribution >= 0.6 is 0 Å². The minimum atomic E-state index is -2.73. The molecule has 0 rings (SSSR count). The highest BCUT2D eigenvalue weighted by atomic mass is 19.3. The predicted molar refractivity (Wildman–Crippen MR) is 44.6 cm³/mol. The first kappa shape index (κ1) is 11.8. The molecule has 0 aromatic rings. The molecular weight excluding hydrogens is 164 g/mol. The van der Waals surface area contributed by atoms with Crippen LogP contribution in [0.2, 0.25) is 0 Å². The molecule has 0 atom stereocenters. The summed E-state index contributed by atoms with van der Waals surface area (Å²) in [5.74, 6) is -2.73. The summed E-state index contributed by atoms with van der Waals surface area (Å²) in [6.07, 6.45) is 0.866. The molecule has 0 aliphatic heterocycles. The van der Waals surface area contributed by atoms with E-state index in [0.717, 1.165) is 6.42 Å². The molecule has 1 N–H and O–H groups in total. The maximum atomic E-state index is 12.7. The van der Waals surface area contributed by atoms with Crippen LogP contribution in [0.15, 0.2) is 0 Å². The van der Waals surface area contributed by atoms with E-state index < -0.39 is 12.5 Å². The summed E-state index contributed by atoms with van der Waals surface area (Å²) < 4.78 is 30.1. The molecule has 0 spiro atoms. The van der Waals surface area contributed by atoms with Crippen molar-refractivity contribution in [1.82, 2.24) is 5.32 Å². The van der Waals surface area contributed by atoms with Gasteiger partial charge in [-0.25, -0.2) is 8.78 Å². The van der Waals surface area contributed by atoms with E-state index in [-0.39, 0.29) is 6.54 Å². The molecule has 0 aliphatic rings. The molecule has 0 saturated carbocycles. The number of nitrogens with one attached hydrogen (secondary N) is 1. The van der Waals surface area contributed by atoms with Gasteiger partial charge in [-0.3, -0.25) is 0 Å². The number of hydrogen-bond acceptors (Lipinski definition) is 2. The molecule has 74 valence electrons. The summed E-state index contributed by atoms with van der Waals surface area (Å²) in [4.78, 5) is 0. The van der Waals surface area contributed by atoms with E-state index in [1.54, 1.807) is 6.92 Å². The molecule has 0 bridgehead atoms. The zero-order valence-electron chi connectivity index (χ0n) is 7.70. The van der Waals surface area contributed by atoms with Gasteiger partial charge in [-0.1, -0.05) is 6.92 Å². The summed E-state index contributed by atoms with van der Waals surface area (Å²) in [5.41, 5.74) is 0. The Morgan fingerprint density at radius 3 is 2.50 bits per heavy atom. The molecule has 0 amide bonds. The Balaban J connectivity index is 3.42. The van der Waals surface area contributed by atoms with Gasteiger partial charge >= 0.3 is 0 Å². The zero-order chi connectivity index (χ0) is 9.45. The Morgan fingerprint density at radius 2 is 2.00 bits per heavy atom. The fourth-order valence-corrected chi connectivity index (χ4v) is 0.750. The summed E-state index contributed by atoms with van der Waals surface area (Å²) in [5, 5.41) is 2.65. The second-order valence-corrected chi connectivity index (χ2v) is 2.67. The lowest BCUT2D eigenvalue weighted by Crippen LogP contribution is -2.37. The second kappa shape index (κ2) is 6.31. The van der Waals surface area contributed by atoms with Crippen molar-refractivity contribution < 1.29 is 13.5 Å². The zero-order valence-corrected chi connectivity index (χ0v) is 7.70. The minimum absolute atomic E-state index is 0.291. The van der Waals surface area contributed by atoms with Crippen LogP contribution in [0.5, 0.6) is 0 Å². The molecule has 0 radical (unpaired) electrons. The molecule has 0 heterocycles. The Morgan fingerprint density at radius 1 is 1.33 bits per heavy atom. The molecule has 0 aromatic carbocycles. The lowest BCUT2D eigenvalue weighted by molar-refractivity contribution is -0.0719. The number of ether oxygens (including phenoxy) is 1. The number of halogens is 2. The van der Waals surface area contributed by atoms with Crippen molar-refractivity contribution in [1.29, 1.82) is 0 Å². The third-order valence-electron chi connectivity index (χ3n) is 1.33. The quantitative estimate of drug-likeness (QED) is 0.603. The van der Waals surface area contributed by atoms with Crippen LogP contribution in [-0.2, 0) is 4.74 Å². The molecule has 0 unspecified atom stereocenters. The molecule has 0 aliphatic carbocycles. The highest BCUT2D eigenvalue weighted by Crippen LogP contribution is 2.11. The van der Waals surface area contributed by atoms with E-state index in [2.05, 4.69) is 10.1 Å². The van der Waals surface area contributed by atoms with E-state index in [4.69, 9.17) is 0 Å². The molecule has 0 fully saturated rings. The van der Waals surface area contributed by atoms with Crippen LogP contribution in [0.25, 0.3) is 0 Å². The molecule has 2 nitrogen and oxygen atoms in total. The smallest absolute Gasteiger partial charge is 0.283 e. The van der Waals surface area contributed by atoms with E-state index in [1.165, 1.54) is 0 Å². The van der Waals surface area contributed by atoms with Gasteiger partial charge in [-0.2, -0.15) is 0 Å². The standard InChI is InChI=1S/C8H17F2NO/c1-3-5-11-6-8(9,10)7-12-4-2/h11H,3-7H2,1-2H3. The van der Waals surface area contributed by atoms with Gasteiger partial charge in [0, 0.05) is 6.61 Å². The summed E-state index contributed by atoms with van der Waals surface area (Å²) >= 11 is 0. The van der Waals surface area contributed by atoms with Gasteiger partial charge in [-0.15, -0.1) is 0 Å². The van der Waals surface area contributed by atoms with Crippen molar-refractivity contribution in [2.75, 3.05) is 26.3 Å². The van der Waals surface area contributed by atoms with Crippen LogP contribution in [0.3, 0.4) is 0 Å². The first-order valence-corrected chi connectivity index (χ1v) is 4.28. The van der Waals surface area contributed by atoms with Crippen molar-refractivity contribution in [3.05, 3.63) is 0 Å². The summed E-state index contributed by atoms with van der Waals surface area (Å²) in [7, 11) is 0. The summed E-state index contributed by atoms with van der Waals surface area (Å²) in [6, 6.07) is 0. The first-order chi connectivity index (χ1) is 5.62. The van der Waals surface area contributed by atoms with Crippen LogP contribution in [0.4, 0.5) is 8.78 Å². The number of hydrogen-bond donors (Lipinski definition) is 1. The molecule has 0 aromatic heterocycles. The number of alkyl halides is 2. The average molecular weight is 181 g/mol. The van der Waals surface area contributed by atoms with Crippen LogP contribution in [0.1, 0.15) is 20.3 Å². The Labute approximate surface area is 72.3 Å². The lowest BCUT2D eigenvalue weighted by Gasteiger charge is -2.16. The van der Waals surface area contributed by atoms with Crippen LogP contribution in [-0.4, -0.2) is 32.2 Å². The highest BCUT2D eigenvalue weighted by molar-refractivity contribution is 4.68. The van der Waals surface area contributed by atoms with Gasteiger partial charge in [0.25, 0.3) is 5.92 Å². The fourth-order valence-electron chi connectivity index (χ4n) is 0.750. The maximum absolute atomic E-state index is 12.7. The second-order valence-electron chi connectivity index (χ2n) is 2.67. The maximum Gasteiger partial charge on any atom is 0.283 e. The Bertz CT molecular complexity index is 109. The topological polar surface area (TPSA) is 21.3 Å². The molecule has 12 heavy (non-hydrogen) atoms. The SMILES string of the molecule is CCCNCC(F)(F)COCC. The number of rotatable bonds is 7. The van der Waals surface area contributed by atoms with Gasteiger partial charge in [0.15, 0.2) is 0 Å². The molecule has 4 heteroatoms. The average Bonchev–Trinajstić information content (AvgIpc) is 2.01. The van der Waals surface area contributed by atoms with Gasteiger partial charge in [0.05, 0.1) is 6.54 Å². The van der Waals surface area contributed by atoms with Gasteiger partial charge in [0.1, 0.15) is 6.61 Å². The normalized spacial score (nSPS) is 12.0. The van der Waals surface area contributed by atoms with Crippen molar-refractivity contribution in [3.8, 4) is 0 Å². The minimum Gasteiger partial charge on any atom is -0.375 e. The molecule has 0 saturated heterocycles. The fraction of sp³-hybridized carbons (Fsp3) is 1.00. The van der Waals surface area contributed by atoms with Crippen molar-refractivity contribution in [3.63, 3.8) is 0 Å². The van der Waals surface area contributed by atoms with Crippen LogP contribution < -0.4 is 5.32 Å². The predicted octanol–water partition coefficient (Wildman–Crippen LogP) is 1.66. The van der Waals surface area contributed by atoms with Crippen molar-refractivity contribution in [2.24, 2.45) is 0 Å². The van der Waals surface area contributed by atoms with E-state index >= 15 is 0 Å². The lowest BCUT2D eigenvalue weighted by atomic mass is 10.3. The molecular formula is C8H17F2NO. The van der Waals surface area contributed by atoms with Gasteiger partial charge < -0.3 is 10.1 Å². The first-order valence-electron chi connectivity index (χ1n) is 4.28.